The molecule has 6 heteroatoms. The Bertz CT molecular complexity index is 444. The van der Waals surface area contributed by atoms with E-state index >= 15 is 0 Å². The van der Waals surface area contributed by atoms with Crippen LogP contribution in [0.15, 0.2) is 16.4 Å². The molecule has 0 radical (unpaired) electrons. The molecule has 17 heavy (non-hydrogen) atoms. The van der Waals surface area contributed by atoms with Gasteiger partial charge in [0.25, 0.3) is 0 Å². The van der Waals surface area contributed by atoms with Gasteiger partial charge in [-0.15, -0.1) is 0 Å². The van der Waals surface area contributed by atoms with Crippen LogP contribution < -0.4 is 0 Å². The first kappa shape index (κ1) is 13.9. The van der Waals surface area contributed by atoms with E-state index in [9.17, 15) is 4.79 Å². The molecule has 0 aliphatic heterocycles. The maximum absolute atomic E-state index is 11.1. The third kappa shape index (κ3) is 3.68. The minimum atomic E-state index is -0.895. The second kappa shape index (κ2) is 5.02. The summed E-state index contributed by atoms with van der Waals surface area (Å²) in [6.07, 6.45) is 0. The molecule has 0 aliphatic carbocycles. The SMILES string of the molecule is CN(C)N=Nc1cc(C(C)(C)C)[se]c1C(=O)O. The Morgan fingerprint density at radius 3 is 2.41 bits per heavy atom. The average molecular weight is 302 g/mol. The predicted octanol–water partition coefficient (Wildman–Crippen LogP) is 2.30. The van der Waals surface area contributed by atoms with Crippen molar-refractivity contribution in [1.29, 1.82) is 0 Å². The third-order valence-corrected chi connectivity index (χ3v) is 5.20. The second-order valence-electron chi connectivity index (χ2n) is 4.92. The van der Waals surface area contributed by atoms with Crippen LogP contribution in [0.5, 0.6) is 0 Å². The standard InChI is InChI=1S/C11H17N3O2Se/c1-11(2,3)8-6-7(12-13-14(4)5)9(17-8)10(15)16/h6H,1-5H3,(H,15,16). The molecule has 5 nitrogen and oxygen atoms in total. The van der Waals surface area contributed by atoms with Crippen LogP contribution >= 0.6 is 0 Å². The molecule has 0 saturated heterocycles. The van der Waals surface area contributed by atoms with Gasteiger partial charge in [-0.3, -0.25) is 0 Å². The van der Waals surface area contributed by atoms with E-state index < -0.39 is 5.97 Å². The summed E-state index contributed by atoms with van der Waals surface area (Å²) < 4.78 is 1.52. The van der Waals surface area contributed by atoms with Crippen molar-refractivity contribution in [3.8, 4) is 0 Å². The Morgan fingerprint density at radius 2 is 2.00 bits per heavy atom. The van der Waals surface area contributed by atoms with Crippen LogP contribution in [-0.4, -0.2) is 44.7 Å². The Labute approximate surface area is 107 Å². The molecule has 0 aliphatic rings. The average Bonchev–Trinajstić information content (AvgIpc) is 2.57. The summed E-state index contributed by atoms with van der Waals surface area (Å²) in [6.45, 7) is 6.23. The van der Waals surface area contributed by atoms with E-state index in [-0.39, 0.29) is 19.9 Å². The predicted molar refractivity (Wildman–Crippen MR) is 67.2 cm³/mol. The van der Waals surface area contributed by atoms with Crippen molar-refractivity contribution in [3.05, 3.63) is 14.9 Å². The van der Waals surface area contributed by atoms with Crippen molar-refractivity contribution < 1.29 is 9.90 Å². The van der Waals surface area contributed by atoms with Gasteiger partial charge in [-0.25, -0.2) is 0 Å². The van der Waals surface area contributed by atoms with Gasteiger partial charge in [0.1, 0.15) is 0 Å². The summed E-state index contributed by atoms with van der Waals surface area (Å²) in [4.78, 5) is 11.1. The summed E-state index contributed by atoms with van der Waals surface area (Å²) in [5.74, 6) is -0.895. The van der Waals surface area contributed by atoms with E-state index in [1.165, 1.54) is 0 Å². The monoisotopic (exact) mass is 303 g/mol. The fourth-order valence-corrected chi connectivity index (χ4v) is 3.19. The second-order valence-corrected chi connectivity index (χ2v) is 7.12. The number of carboxylic acids is 1. The number of rotatable bonds is 3. The van der Waals surface area contributed by atoms with Crippen LogP contribution in [0.3, 0.4) is 0 Å². The summed E-state index contributed by atoms with van der Waals surface area (Å²) in [7, 11) is 3.50. The molecule has 94 valence electrons. The number of hydrogen-bond donors (Lipinski definition) is 1. The number of carbonyl (C=O) groups is 1. The first-order valence-electron chi connectivity index (χ1n) is 5.18. The number of nitrogens with zero attached hydrogens (tertiary/aromatic N) is 3. The summed E-state index contributed by atoms with van der Waals surface area (Å²) in [5, 5.41) is 18.5. The molecule has 1 rings (SSSR count). The van der Waals surface area contributed by atoms with Crippen molar-refractivity contribution in [1.82, 2.24) is 5.01 Å². The van der Waals surface area contributed by atoms with E-state index in [2.05, 4.69) is 31.1 Å². The fraction of sp³-hybridized carbons (Fsp3) is 0.545. The van der Waals surface area contributed by atoms with Crippen molar-refractivity contribution >= 4 is 26.2 Å². The summed E-state index contributed by atoms with van der Waals surface area (Å²) >= 11 is -0.162. The minimum absolute atomic E-state index is 0.0178. The van der Waals surface area contributed by atoms with Gasteiger partial charge in [0.05, 0.1) is 0 Å². The zero-order valence-electron chi connectivity index (χ0n) is 10.7. The summed E-state index contributed by atoms with van der Waals surface area (Å²) in [6, 6.07) is 1.86. The van der Waals surface area contributed by atoms with Gasteiger partial charge in [-0.1, -0.05) is 0 Å². The first-order chi connectivity index (χ1) is 7.71. The van der Waals surface area contributed by atoms with Crippen molar-refractivity contribution in [3.63, 3.8) is 0 Å². The van der Waals surface area contributed by atoms with Crippen LogP contribution in [0.25, 0.3) is 0 Å². The van der Waals surface area contributed by atoms with Crippen LogP contribution in [0.4, 0.5) is 5.69 Å². The van der Waals surface area contributed by atoms with Gasteiger partial charge >= 0.3 is 107 Å². The van der Waals surface area contributed by atoms with E-state index in [0.717, 1.165) is 4.44 Å². The zero-order chi connectivity index (χ0) is 13.2. The van der Waals surface area contributed by atoms with Gasteiger partial charge in [0, 0.05) is 0 Å². The quantitative estimate of drug-likeness (QED) is 0.529. The van der Waals surface area contributed by atoms with Gasteiger partial charge in [-0.05, 0) is 0 Å². The Hall–Kier alpha value is -1.13. The van der Waals surface area contributed by atoms with Crippen molar-refractivity contribution in [2.75, 3.05) is 14.1 Å². The molecule has 0 saturated carbocycles. The molecule has 0 amide bonds. The van der Waals surface area contributed by atoms with Crippen LogP contribution in [0, 0.1) is 0 Å². The van der Waals surface area contributed by atoms with Crippen LogP contribution in [-0.2, 0) is 5.41 Å². The van der Waals surface area contributed by atoms with Gasteiger partial charge in [-0.2, -0.15) is 0 Å². The maximum atomic E-state index is 11.1. The van der Waals surface area contributed by atoms with Gasteiger partial charge in [0.2, 0.25) is 0 Å². The molecule has 0 aromatic carbocycles. The molecule has 1 aromatic rings. The molecule has 1 heterocycles. The Balaban J connectivity index is 3.19. The van der Waals surface area contributed by atoms with Crippen LogP contribution in [0.1, 0.15) is 34.4 Å². The van der Waals surface area contributed by atoms with Gasteiger partial charge < -0.3 is 0 Å². The first-order valence-corrected chi connectivity index (χ1v) is 6.89. The molecule has 0 fully saturated rings. The van der Waals surface area contributed by atoms with Crippen molar-refractivity contribution in [2.45, 2.75) is 26.2 Å². The van der Waals surface area contributed by atoms with E-state index in [4.69, 9.17) is 5.11 Å². The molecule has 1 N–H and O–H groups in total. The summed E-state index contributed by atoms with van der Waals surface area (Å²) in [5.41, 5.74) is 0.465. The number of carboxylic acid groups (broad SMARTS) is 1. The third-order valence-electron chi connectivity index (χ3n) is 1.98. The number of aromatic carboxylic acids is 1. The van der Waals surface area contributed by atoms with E-state index in [1.807, 2.05) is 6.07 Å². The zero-order valence-corrected chi connectivity index (χ0v) is 12.4. The van der Waals surface area contributed by atoms with E-state index in [0.29, 0.717) is 10.1 Å². The van der Waals surface area contributed by atoms with Crippen molar-refractivity contribution in [2.24, 2.45) is 10.3 Å². The molecule has 0 spiro atoms. The van der Waals surface area contributed by atoms with E-state index in [1.54, 1.807) is 19.1 Å². The molecule has 0 atom stereocenters. The molecular formula is C11H17N3O2Se. The normalized spacial score (nSPS) is 12.1. The molecular weight excluding hydrogens is 285 g/mol. The topological polar surface area (TPSA) is 65.3 Å². The Kier molecular flexibility index (Phi) is 4.11. The fourth-order valence-electron chi connectivity index (χ4n) is 1.12. The molecule has 1 aromatic heterocycles. The molecule has 0 bridgehead atoms. The van der Waals surface area contributed by atoms with Crippen LogP contribution in [0.2, 0.25) is 0 Å². The number of hydrogen-bond acceptors (Lipinski definition) is 3. The molecule has 0 unspecified atom stereocenters. The van der Waals surface area contributed by atoms with Gasteiger partial charge in [0.15, 0.2) is 0 Å². The Morgan fingerprint density at radius 1 is 1.41 bits per heavy atom.